The van der Waals surface area contributed by atoms with Crippen LogP contribution in [0, 0.1) is 11.3 Å². The van der Waals surface area contributed by atoms with Crippen molar-refractivity contribution in [1.82, 2.24) is 4.90 Å². The maximum absolute atomic E-state index is 12.8. The van der Waals surface area contributed by atoms with Crippen LogP contribution in [0.2, 0.25) is 0 Å². The van der Waals surface area contributed by atoms with Gasteiger partial charge in [0.05, 0.1) is 18.1 Å². The van der Waals surface area contributed by atoms with Crippen LogP contribution in [-0.4, -0.2) is 38.8 Å². The molecule has 1 aliphatic heterocycles. The molecule has 22 heavy (non-hydrogen) atoms. The minimum Gasteiger partial charge on any atom is -0.465 e. The molecule has 4 atom stereocenters. The Kier molecular flexibility index (Phi) is 3.84. The second-order valence-corrected chi connectivity index (χ2v) is 7.68. The Balaban J connectivity index is 1.85. The predicted octanol–water partition coefficient (Wildman–Crippen LogP) is 2.79. The summed E-state index contributed by atoms with van der Waals surface area (Å²) in [6, 6.07) is 0. The molecule has 1 saturated heterocycles. The second kappa shape index (κ2) is 5.31. The van der Waals surface area contributed by atoms with Crippen LogP contribution in [-0.2, 0) is 9.53 Å². The van der Waals surface area contributed by atoms with Crippen LogP contribution in [0.25, 0.3) is 0 Å². The summed E-state index contributed by atoms with van der Waals surface area (Å²) in [5.41, 5.74) is -0.294. The molecule has 0 aromatic heterocycles. The molecule has 3 rings (SSSR count). The summed E-state index contributed by atoms with van der Waals surface area (Å²) in [4.78, 5) is 14.5. The Morgan fingerprint density at radius 1 is 1.59 bits per heavy atom. The number of rotatable bonds is 4. The molecule has 2 bridgehead atoms. The lowest BCUT2D eigenvalue weighted by Gasteiger charge is -2.42. The first-order chi connectivity index (χ1) is 10.3. The Bertz CT molecular complexity index is 530. The van der Waals surface area contributed by atoms with Gasteiger partial charge in [-0.15, -0.1) is 0 Å². The van der Waals surface area contributed by atoms with Gasteiger partial charge >= 0.3 is 0 Å². The Morgan fingerprint density at radius 3 is 2.95 bits per heavy atom. The fraction of sp³-hybridized carbons (Fsp3) is 0.765. The first kappa shape index (κ1) is 15.9. The molecule has 2 saturated carbocycles. The number of amides is 1. The standard InChI is InChI=1S/C17H25NO3S/c1-4-5-6-12(19)10-14(20)18-15(22)21-13-9-11-7-8-17(13,18)16(11,2)3/h5-6,11-13,19H,4,7-10H2,1-3H3/b6-5+/t11-,12+,13-,17+/m1/s1. The van der Waals surface area contributed by atoms with Crippen LogP contribution >= 0.6 is 12.2 Å². The Labute approximate surface area is 137 Å². The van der Waals surface area contributed by atoms with E-state index in [2.05, 4.69) is 13.8 Å². The summed E-state index contributed by atoms with van der Waals surface area (Å²) in [6.45, 7) is 6.46. The topological polar surface area (TPSA) is 49.8 Å². The van der Waals surface area contributed by atoms with Gasteiger partial charge in [0.25, 0.3) is 5.17 Å². The summed E-state index contributed by atoms with van der Waals surface area (Å²) >= 11 is 5.35. The number of aliphatic hydroxyl groups excluding tert-OH is 1. The summed E-state index contributed by atoms with van der Waals surface area (Å²) in [5.74, 6) is 0.470. The van der Waals surface area contributed by atoms with E-state index in [0.717, 1.165) is 25.7 Å². The van der Waals surface area contributed by atoms with E-state index in [9.17, 15) is 9.90 Å². The van der Waals surface area contributed by atoms with Crippen molar-refractivity contribution in [3.05, 3.63) is 12.2 Å². The maximum Gasteiger partial charge on any atom is 0.267 e. The number of ether oxygens (including phenoxy) is 1. The molecule has 2 aliphatic carbocycles. The summed E-state index contributed by atoms with van der Waals surface area (Å²) in [6.07, 6.45) is 6.79. The first-order valence-corrected chi connectivity index (χ1v) is 8.63. The summed E-state index contributed by atoms with van der Waals surface area (Å²) in [5, 5.41) is 10.3. The zero-order valence-corrected chi connectivity index (χ0v) is 14.4. The molecular weight excluding hydrogens is 298 g/mol. The van der Waals surface area contributed by atoms with E-state index in [1.165, 1.54) is 0 Å². The van der Waals surface area contributed by atoms with Gasteiger partial charge in [-0.3, -0.25) is 9.69 Å². The van der Waals surface area contributed by atoms with Crippen LogP contribution in [0.5, 0.6) is 0 Å². The number of aliphatic hydroxyl groups is 1. The summed E-state index contributed by atoms with van der Waals surface area (Å²) < 4.78 is 5.88. The molecule has 1 heterocycles. The summed E-state index contributed by atoms with van der Waals surface area (Å²) in [7, 11) is 0. The van der Waals surface area contributed by atoms with E-state index in [1.807, 2.05) is 13.0 Å². The highest BCUT2D eigenvalue weighted by Crippen LogP contribution is 2.65. The zero-order chi connectivity index (χ0) is 16.1. The van der Waals surface area contributed by atoms with Crippen LogP contribution < -0.4 is 0 Å². The van der Waals surface area contributed by atoms with Crippen molar-refractivity contribution in [2.75, 3.05) is 0 Å². The van der Waals surface area contributed by atoms with Crippen LogP contribution in [0.4, 0.5) is 0 Å². The van der Waals surface area contributed by atoms with E-state index < -0.39 is 6.10 Å². The van der Waals surface area contributed by atoms with Gasteiger partial charge < -0.3 is 9.84 Å². The average Bonchev–Trinajstić information content (AvgIpc) is 2.96. The molecule has 122 valence electrons. The molecule has 1 amide bonds. The van der Waals surface area contributed by atoms with Gasteiger partial charge in [0, 0.05) is 0 Å². The quantitative estimate of drug-likeness (QED) is 0.638. The lowest BCUT2D eigenvalue weighted by atomic mass is 9.74. The van der Waals surface area contributed by atoms with E-state index in [1.54, 1.807) is 11.0 Å². The SMILES string of the molecule is CC/C=C/[C@H](O)CC(=O)N1C(=S)O[C@@H]2C[C@H]3CC[C@@]21C3(C)C. The van der Waals surface area contributed by atoms with Crippen molar-refractivity contribution in [2.45, 2.75) is 70.6 Å². The Morgan fingerprint density at radius 2 is 2.32 bits per heavy atom. The fourth-order valence-electron chi connectivity index (χ4n) is 4.86. The molecule has 3 fully saturated rings. The molecular formula is C17H25NO3S. The lowest BCUT2D eigenvalue weighted by Crippen LogP contribution is -2.57. The smallest absolute Gasteiger partial charge is 0.267 e. The third-order valence-electron chi connectivity index (χ3n) is 6.09. The van der Waals surface area contributed by atoms with E-state index in [0.29, 0.717) is 11.1 Å². The highest BCUT2D eigenvalue weighted by atomic mass is 32.1. The van der Waals surface area contributed by atoms with Gasteiger partial charge in [-0.05, 0) is 49.2 Å². The van der Waals surface area contributed by atoms with Crippen molar-refractivity contribution in [3.8, 4) is 0 Å². The largest absolute Gasteiger partial charge is 0.465 e. The minimum atomic E-state index is -0.757. The Hall–Kier alpha value is -0.940. The predicted molar refractivity (Wildman–Crippen MR) is 88.2 cm³/mol. The molecule has 5 heteroatoms. The third-order valence-corrected chi connectivity index (χ3v) is 6.37. The number of carbonyl (C=O) groups is 1. The number of fused-ring (bicyclic) bond motifs is 1. The van der Waals surface area contributed by atoms with Crippen molar-refractivity contribution in [3.63, 3.8) is 0 Å². The molecule has 4 nitrogen and oxygen atoms in total. The van der Waals surface area contributed by atoms with Gasteiger partial charge in [0.15, 0.2) is 0 Å². The second-order valence-electron chi connectivity index (χ2n) is 7.33. The first-order valence-electron chi connectivity index (χ1n) is 8.23. The van der Waals surface area contributed by atoms with Crippen LogP contribution in [0.1, 0.15) is 52.9 Å². The number of hydrogen-bond donors (Lipinski definition) is 1. The average molecular weight is 323 g/mol. The third kappa shape index (κ3) is 1.98. The van der Waals surface area contributed by atoms with Gasteiger partial charge in [0.2, 0.25) is 5.91 Å². The van der Waals surface area contributed by atoms with Crippen LogP contribution in [0.15, 0.2) is 12.2 Å². The molecule has 1 spiro atoms. The van der Waals surface area contributed by atoms with Crippen molar-refractivity contribution in [1.29, 1.82) is 0 Å². The van der Waals surface area contributed by atoms with Crippen molar-refractivity contribution in [2.24, 2.45) is 11.3 Å². The van der Waals surface area contributed by atoms with E-state index in [4.69, 9.17) is 17.0 Å². The molecule has 0 aromatic rings. The molecule has 0 unspecified atom stereocenters. The van der Waals surface area contributed by atoms with Crippen LogP contribution in [0.3, 0.4) is 0 Å². The number of hydrogen-bond acceptors (Lipinski definition) is 4. The number of carbonyl (C=O) groups excluding carboxylic acids is 1. The molecule has 0 radical (unpaired) electrons. The lowest BCUT2D eigenvalue weighted by molar-refractivity contribution is -0.135. The zero-order valence-electron chi connectivity index (χ0n) is 13.5. The van der Waals surface area contributed by atoms with Gasteiger partial charge in [0.1, 0.15) is 6.10 Å². The van der Waals surface area contributed by atoms with Crippen molar-refractivity contribution < 1.29 is 14.6 Å². The van der Waals surface area contributed by atoms with E-state index in [-0.39, 0.29) is 29.4 Å². The monoisotopic (exact) mass is 323 g/mol. The molecule has 0 aromatic carbocycles. The highest BCUT2D eigenvalue weighted by molar-refractivity contribution is 7.80. The normalized spacial score (nSPS) is 36.7. The van der Waals surface area contributed by atoms with Gasteiger partial charge in [-0.2, -0.15) is 0 Å². The number of thiocarbonyl (C=S) groups is 1. The molecule has 1 N–H and O–H groups in total. The minimum absolute atomic E-state index is 0.0120. The van der Waals surface area contributed by atoms with Crippen molar-refractivity contribution >= 4 is 23.3 Å². The number of nitrogens with zero attached hydrogens (tertiary/aromatic N) is 1. The van der Waals surface area contributed by atoms with Gasteiger partial charge in [-0.1, -0.05) is 32.9 Å². The molecule has 3 aliphatic rings. The fourth-order valence-corrected chi connectivity index (χ4v) is 5.24. The van der Waals surface area contributed by atoms with Gasteiger partial charge in [-0.25, -0.2) is 0 Å². The van der Waals surface area contributed by atoms with E-state index >= 15 is 0 Å². The highest BCUT2D eigenvalue weighted by Gasteiger charge is 2.72. The number of allylic oxidation sites excluding steroid dienone is 1. The maximum atomic E-state index is 12.8.